The van der Waals surface area contributed by atoms with Gasteiger partial charge in [-0.1, -0.05) is 36.4 Å². The van der Waals surface area contributed by atoms with Crippen LogP contribution in [-0.2, 0) is 9.53 Å². The first-order chi connectivity index (χ1) is 11.5. The fourth-order valence-corrected chi connectivity index (χ4v) is 2.21. The summed E-state index contributed by atoms with van der Waals surface area (Å²) < 4.78 is 4.94. The van der Waals surface area contributed by atoms with Crippen molar-refractivity contribution in [1.29, 1.82) is 0 Å². The van der Waals surface area contributed by atoms with Crippen LogP contribution < -0.4 is 5.32 Å². The predicted octanol–water partition coefficient (Wildman–Crippen LogP) is 1.79. The maximum Gasteiger partial charge on any atom is 0.331 e. The summed E-state index contributed by atoms with van der Waals surface area (Å²) in [7, 11) is 0. The highest BCUT2D eigenvalue weighted by atomic mass is 16.5. The van der Waals surface area contributed by atoms with E-state index in [4.69, 9.17) is 4.74 Å². The third kappa shape index (κ3) is 4.33. The van der Waals surface area contributed by atoms with Gasteiger partial charge >= 0.3 is 5.97 Å². The van der Waals surface area contributed by atoms with Crippen molar-refractivity contribution in [2.75, 3.05) is 6.61 Å². The zero-order valence-electron chi connectivity index (χ0n) is 13.2. The molecule has 0 saturated carbocycles. The number of carbonyl (C=O) groups is 2. The maximum atomic E-state index is 12.3. The monoisotopic (exact) mass is 329 g/mol. The number of nitrogens with one attached hydrogen (secondary N) is 1. The molecule has 0 aliphatic carbocycles. The van der Waals surface area contributed by atoms with Crippen molar-refractivity contribution in [2.24, 2.45) is 0 Å². The smallest absolute Gasteiger partial charge is 0.331 e. The molecule has 0 heterocycles. The Balaban J connectivity index is 2.23. The number of amides is 1. The second-order valence-corrected chi connectivity index (χ2v) is 5.11. The number of hydrogen-bond acceptors (Lipinski definition) is 5. The lowest BCUT2D eigenvalue weighted by Gasteiger charge is -2.23. The van der Waals surface area contributed by atoms with Gasteiger partial charge in [0.2, 0.25) is 0 Å². The Morgan fingerprint density at radius 3 is 2.46 bits per heavy atom. The highest BCUT2D eigenvalue weighted by molar-refractivity contribution is 5.97. The van der Waals surface area contributed by atoms with E-state index in [1.54, 1.807) is 37.3 Å². The van der Waals surface area contributed by atoms with Gasteiger partial charge in [-0.3, -0.25) is 4.79 Å². The molecular formula is C18H19NO5. The number of benzene rings is 2. The summed E-state index contributed by atoms with van der Waals surface area (Å²) >= 11 is 0. The molecule has 0 saturated heterocycles. The molecule has 0 aromatic heterocycles. The lowest BCUT2D eigenvalue weighted by atomic mass is 10.0. The number of aromatic hydroxyl groups is 1. The van der Waals surface area contributed by atoms with Crippen LogP contribution in [0.2, 0.25) is 0 Å². The van der Waals surface area contributed by atoms with Crippen molar-refractivity contribution in [1.82, 2.24) is 5.32 Å². The summed E-state index contributed by atoms with van der Waals surface area (Å²) in [6.07, 6.45) is -1.26. The standard InChI is InChI=1S/C18H19NO5/c1-2-24-18(23)15(16(21)12-7-4-3-5-8-12)19-17(22)13-9-6-10-14(20)11-13/h3-11,15-16,20-21H,2H2,1H3,(H,19,22). The minimum atomic E-state index is -1.26. The van der Waals surface area contributed by atoms with Gasteiger partial charge < -0.3 is 20.3 Å². The van der Waals surface area contributed by atoms with Crippen LogP contribution in [0.25, 0.3) is 0 Å². The van der Waals surface area contributed by atoms with Gasteiger partial charge in [-0.05, 0) is 30.7 Å². The fourth-order valence-electron chi connectivity index (χ4n) is 2.21. The number of rotatable bonds is 6. The van der Waals surface area contributed by atoms with Crippen LogP contribution in [0.4, 0.5) is 0 Å². The van der Waals surface area contributed by atoms with Crippen molar-refractivity contribution in [3.05, 3.63) is 65.7 Å². The topological polar surface area (TPSA) is 95.9 Å². The third-order valence-corrected chi connectivity index (χ3v) is 3.39. The molecule has 24 heavy (non-hydrogen) atoms. The van der Waals surface area contributed by atoms with E-state index in [1.165, 1.54) is 24.3 Å². The summed E-state index contributed by atoms with van der Waals surface area (Å²) in [5.74, 6) is -1.40. The van der Waals surface area contributed by atoms with Gasteiger partial charge in [0.1, 0.15) is 11.9 Å². The van der Waals surface area contributed by atoms with E-state index >= 15 is 0 Å². The van der Waals surface area contributed by atoms with Crippen LogP contribution in [0.1, 0.15) is 28.9 Å². The lowest BCUT2D eigenvalue weighted by Crippen LogP contribution is -2.46. The Morgan fingerprint density at radius 1 is 1.12 bits per heavy atom. The van der Waals surface area contributed by atoms with Gasteiger partial charge in [-0.2, -0.15) is 0 Å². The molecule has 3 N–H and O–H groups in total. The molecule has 1 amide bonds. The number of esters is 1. The lowest BCUT2D eigenvalue weighted by molar-refractivity contribution is -0.148. The van der Waals surface area contributed by atoms with E-state index in [-0.39, 0.29) is 17.9 Å². The normalized spacial score (nSPS) is 12.9. The third-order valence-electron chi connectivity index (χ3n) is 3.39. The molecule has 0 fully saturated rings. The average molecular weight is 329 g/mol. The first kappa shape index (κ1) is 17.5. The minimum Gasteiger partial charge on any atom is -0.508 e. The van der Waals surface area contributed by atoms with Crippen molar-refractivity contribution < 1.29 is 24.5 Å². The van der Waals surface area contributed by atoms with E-state index in [9.17, 15) is 19.8 Å². The molecule has 2 aromatic carbocycles. The summed E-state index contributed by atoms with van der Waals surface area (Å²) in [6, 6.07) is 13.0. The Hall–Kier alpha value is -2.86. The van der Waals surface area contributed by atoms with Gasteiger partial charge in [-0.25, -0.2) is 4.79 Å². The molecule has 2 atom stereocenters. The van der Waals surface area contributed by atoms with E-state index < -0.39 is 24.0 Å². The van der Waals surface area contributed by atoms with E-state index in [1.807, 2.05) is 0 Å². The molecule has 0 bridgehead atoms. The number of phenols is 1. The van der Waals surface area contributed by atoms with Crippen molar-refractivity contribution in [3.63, 3.8) is 0 Å². The molecule has 0 aliphatic rings. The van der Waals surface area contributed by atoms with E-state index in [0.29, 0.717) is 5.56 Å². The van der Waals surface area contributed by atoms with Gasteiger partial charge in [-0.15, -0.1) is 0 Å². The quantitative estimate of drug-likeness (QED) is 0.702. The largest absolute Gasteiger partial charge is 0.508 e. The number of aliphatic hydroxyl groups is 1. The van der Waals surface area contributed by atoms with Gasteiger partial charge in [0.25, 0.3) is 5.91 Å². The Morgan fingerprint density at radius 2 is 1.83 bits per heavy atom. The average Bonchev–Trinajstić information content (AvgIpc) is 2.59. The molecule has 0 radical (unpaired) electrons. The van der Waals surface area contributed by atoms with Crippen LogP contribution in [-0.4, -0.2) is 34.7 Å². The molecule has 2 aromatic rings. The maximum absolute atomic E-state index is 12.3. The molecular weight excluding hydrogens is 310 g/mol. The molecule has 0 spiro atoms. The van der Waals surface area contributed by atoms with Crippen molar-refractivity contribution in [3.8, 4) is 5.75 Å². The van der Waals surface area contributed by atoms with Gasteiger partial charge in [0.15, 0.2) is 6.04 Å². The number of carbonyl (C=O) groups excluding carboxylic acids is 2. The fraction of sp³-hybridized carbons (Fsp3) is 0.222. The zero-order valence-corrected chi connectivity index (χ0v) is 13.2. The summed E-state index contributed by atoms with van der Waals surface area (Å²) in [5, 5.41) is 22.4. The number of hydrogen-bond donors (Lipinski definition) is 3. The van der Waals surface area contributed by atoms with E-state index in [0.717, 1.165) is 0 Å². The molecule has 126 valence electrons. The van der Waals surface area contributed by atoms with E-state index in [2.05, 4.69) is 5.32 Å². The Labute approximate surface area is 139 Å². The predicted molar refractivity (Wildman–Crippen MR) is 87.4 cm³/mol. The molecule has 0 aliphatic heterocycles. The van der Waals surface area contributed by atoms with Crippen LogP contribution >= 0.6 is 0 Å². The second-order valence-electron chi connectivity index (χ2n) is 5.11. The number of ether oxygens (including phenoxy) is 1. The SMILES string of the molecule is CCOC(=O)C(NC(=O)c1cccc(O)c1)C(O)c1ccccc1. The summed E-state index contributed by atoms with van der Waals surface area (Å²) in [5.41, 5.74) is 0.649. The highest BCUT2D eigenvalue weighted by Gasteiger charge is 2.31. The first-order valence-electron chi connectivity index (χ1n) is 7.52. The zero-order chi connectivity index (χ0) is 17.5. The van der Waals surface area contributed by atoms with Crippen molar-refractivity contribution in [2.45, 2.75) is 19.1 Å². The second kappa shape index (κ2) is 8.12. The number of phenolic OH excluding ortho intramolecular Hbond substituents is 1. The molecule has 6 nitrogen and oxygen atoms in total. The minimum absolute atomic E-state index is 0.0704. The van der Waals surface area contributed by atoms with Crippen LogP contribution in [0.5, 0.6) is 5.75 Å². The van der Waals surface area contributed by atoms with Gasteiger partial charge in [0, 0.05) is 5.56 Å². The molecule has 6 heteroatoms. The number of aliphatic hydroxyl groups excluding tert-OH is 1. The first-order valence-corrected chi connectivity index (χ1v) is 7.52. The van der Waals surface area contributed by atoms with Gasteiger partial charge in [0.05, 0.1) is 6.61 Å². The van der Waals surface area contributed by atoms with Crippen molar-refractivity contribution >= 4 is 11.9 Å². The Kier molecular flexibility index (Phi) is 5.92. The summed E-state index contributed by atoms with van der Waals surface area (Å²) in [4.78, 5) is 24.5. The summed E-state index contributed by atoms with van der Waals surface area (Å²) in [6.45, 7) is 1.76. The van der Waals surface area contributed by atoms with Crippen LogP contribution in [0.3, 0.4) is 0 Å². The van der Waals surface area contributed by atoms with Crippen LogP contribution in [0, 0.1) is 0 Å². The molecule has 2 unspecified atom stereocenters. The van der Waals surface area contributed by atoms with Crippen LogP contribution in [0.15, 0.2) is 54.6 Å². The Bertz CT molecular complexity index is 702. The highest BCUT2D eigenvalue weighted by Crippen LogP contribution is 2.19. The molecule has 2 rings (SSSR count).